The third-order valence-electron chi connectivity index (χ3n) is 3.57. The van der Waals surface area contributed by atoms with E-state index < -0.39 is 0 Å². The van der Waals surface area contributed by atoms with Crippen LogP contribution in [0.5, 0.6) is 0 Å². The lowest BCUT2D eigenvalue weighted by Gasteiger charge is -2.04. The Hall–Kier alpha value is -2.42. The average molecular weight is 267 g/mol. The Morgan fingerprint density at radius 2 is 1.85 bits per heavy atom. The molecular weight excluding hydrogens is 253 g/mol. The molecule has 2 aromatic carbocycles. The molecule has 1 heterocycles. The van der Waals surface area contributed by atoms with Crippen LogP contribution in [0.25, 0.3) is 10.9 Å². The van der Waals surface area contributed by atoms with Gasteiger partial charge in [-0.1, -0.05) is 18.2 Å². The smallest absolute Gasteiger partial charge is 0.195 e. The number of aryl methyl sites for hydroxylation is 2. The second kappa shape index (κ2) is 4.60. The molecule has 0 aliphatic heterocycles. The van der Waals surface area contributed by atoms with Gasteiger partial charge in [0.2, 0.25) is 0 Å². The highest BCUT2D eigenvalue weighted by Crippen LogP contribution is 2.24. The Kier molecular flexibility index (Phi) is 2.90. The van der Waals surface area contributed by atoms with Gasteiger partial charge in [0, 0.05) is 35.3 Å². The Morgan fingerprint density at radius 3 is 2.60 bits per heavy atom. The second-order valence-corrected chi connectivity index (χ2v) is 4.96. The molecule has 3 heteroatoms. The Morgan fingerprint density at radius 1 is 1.10 bits per heavy atom. The molecule has 0 unspecified atom stereocenters. The van der Waals surface area contributed by atoms with E-state index in [1.54, 1.807) is 13.0 Å². The molecule has 0 saturated carbocycles. The molecule has 0 saturated heterocycles. The summed E-state index contributed by atoms with van der Waals surface area (Å²) in [5.41, 5.74) is 2.86. The van der Waals surface area contributed by atoms with E-state index in [0.717, 1.165) is 10.9 Å². The van der Waals surface area contributed by atoms with Crippen molar-refractivity contribution in [2.45, 2.75) is 6.92 Å². The molecule has 0 atom stereocenters. The minimum Gasteiger partial charge on any atom is -0.350 e. The third-order valence-corrected chi connectivity index (χ3v) is 3.57. The largest absolute Gasteiger partial charge is 0.350 e. The molecule has 1 aromatic heterocycles. The summed E-state index contributed by atoms with van der Waals surface area (Å²) in [7, 11) is 1.91. The van der Waals surface area contributed by atoms with Gasteiger partial charge in [0.05, 0.1) is 0 Å². The summed E-state index contributed by atoms with van der Waals surface area (Å²) in [5, 5.41) is 0.920. The lowest BCUT2D eigenvalue weighted by molar-refractivity contribution is 0.103. The van der Waals surface area contributed by atoms with Gasteiger partial charge in [-0.25, -0.2) is 4.39 Å². The molecular formula is C17H14FNO. The summed E-state index contributed by atoms with van der Waals surface area (Å²) in [5.74, 6) is -0.392. The van der Waals surface area contributed by atoms with Crippen molar-refractivity contribution in [3.63, 3.8) is 0 Å². The molecule has 0 radical (unpaired) electrons. The van der Waals surface area contributed by atoms with E-state index in [4.69, 9.17) is 0 Å². The molecule has 0 spiro atoms. The Balaban J connectivity index is 2.18. The number of halogens is 1. The van der Waals surface area contributed by atoms with Crippen LogP contribution in [-0.4, -0.2) is 10.4 Å². The number of fused-ring (bicyclic) bond motifs is 1. The normalized spacial score (nSPS) is 10.9. The Bertz CT molecular complexity index is 817. The summed E-state index contributed by atoms with van der Waals surface area (Å²) in [6.45, 7) is 1.75. The molecule has 0 fully saturated rings. The first-order valence-corrected chi connectivity index (χ1v) is 6.43. The SMILES string of the molecule is Cc1cc(F)ccc1C(=O)c1cn(C)c2ccccc12. The van der Waals surface area contributed by atoms with Gasteiger partial charge in [-0.05, 0) is 36.8 Å². The monoisotopic (exact) mass is 267 g/mol. The van der Waals surface area contributed by atoms with Crippen molar-refractivity contribution in [2.75, 3.05) is 0 Å². The fraction of sp³-hybridized carbons (Fsp3) is 0.118. The number of carbonyl (C=O) groups excluding carboxylic acids is 1. The Labute approximate surface area is 116 Å². The number of rotatable bonds is 2. The number of nitrogens with zero attached hydrogens (tertiary/aromatic N) is 1. The van der Waals surface area contributed by atoms with Gasteiger partial charge in [0.25, 0.3) is 0 Å². The van der Waals surface area contributed by atoms with E-state index in [1.807, 2.05) is 42.1 Å². The lowest BCUT2D eigenvalue weighted by atomic mass is 9.99. The number of hydrogen-bond donors (Lipinski definition) is 0. The number of aromatic nitrogens is 1. The maximum absolute atomic E-state index is 13.2. The van der Waals surface area contributed by atoms with Crippen LogP contribution in [0.1, 0.15) is 21.5 Å². The number of ketones is 1. The van der Waals surface area contributed by atoms with Gasteiger partial charge in [-0.3, -0.25) is 4.79 Å². The highest BCUT2D eigenvalue weighted by Gasteiger charge is 2.17. The summed E-state index contributed by atoms with van der Waals surface area (Å²) >= 11 is 0. The molecule has 3 rings (SSSR count). The van der Waals surface area contributed by atoms with E-state index in [9.17, 15) is 9.18 Å². The highest BCUT2D eigenvalue weighted by molar-refractivity contribution is 6.17. The maximum Gasteiger partial charge on any atom is 0.195 e. The van der Waals surface area contributed by atoms with Crippen LogP contribution >= 0.6 is 0 Å². The molecule has 20 heavy (non-hydrogen) atoms. The minimum absolute atomic E-state index is 0.0701. The van der Waals surface area contributed by atoms with Gasteiger partial charge in [0.1, 0.15) is 5.82 Å². The predicted molar refractivity (Wildman–Crippen MR) is 77.5 cm³/mol. The quantitative estimate of drug-likeness (QED) is 0.646. The topological polar surface area (TPSA) is 22.0 Å². The molecule has 0 N–H and O–H groups in total. The standard InChI is InChI=1S/C17H14FNO/c1-11-9-12(18)7-8-13(11)17(20)15-10-19(2)16-6-4-3-5-14(15)16/h3-10H,1-2H3. The van der Waals surface area contributed by atoms with E-state index >= 15 is 0 Å². The molecule has 0 amide bonds. The van der Waals surface area contributed by atoms with Crippen LogP contribution in [0.3, 0.4) is 0 Å². The molecule has 0 bridgehead atoms. The zero-order valence-corrected chi connectivity index (χ0v) is 11.4. The predicted octanol–water partition coefficient (Wildman–Crippen LogP) is 3.86. The van der Waals surface area contributed by atoms with E-state index in [-0.39, 0.29) is 11.6 Å². The number of hydrogen-bond acceptors (Lipinski definition) is 1. The van der Waals surface area contributed by atoms with Crippen LogP contribution in [0.4, 0.5) is 4.39 Å². The van der Waals surface area contributed by atoms with Gasteiger partial charge >= 0.3 is 0 Å². The molecule has 0 aliphatic carbocycles. The first-order chi connectivity index (χ1) is 9.58. The van der Waals surface area contributed by atoms with Crippen LogP contribution in [0.15, 0.2) is 48.7 Å². The highest BCUT2D eigenvalue weighted by atomic mass is 19.1. The molecule has 0 aliphatic rings. The fourth-order valence-electron chi connectivity index (χ4n) is 2.55. The minimum atomic E-state index is -0.322. The van der Waals surface area contributed by atoms with Crippen molar-refractivity contribution >= 4 is 16.7 Å². The van der Waals surface area contributed by atoms with Crippen molar-refractivity contribution in [3.05, 3.63) is 71.2 Å². The van der Waals surface area contributed by atoms with Crippen molar-refractivity contribution < 1.29 is 9.18 Å². The van der Waals surface area contributed by atoms with Crippen LogP contribution in [0.2, 0.25) is 0 Å². The van der Waals surface area contributed by atoms with E-state index in [2.05, 4.69) is 0 Å². The van der Waals surface area contributed by atoms with Crippen molar-refractivity contribution in [2.24, 2.45) is 7.05 Å². The van der Waals surface area contributed by atoms with Crippen molar-refractivity contribution in [1.82, 2.24) is 4.57 Å². The number of benzene rings is 2. The summed E-state index contributed by atoms with van der Waals surface area (Å²) in [6.07, 6.45) is 1.83. The van der Waals surface area contributed by atoms with Gasteiger partial charge < -0.3 is 4.57 Å². The van der Waals surface area contributed by atoms with E-state index in [1.165, 1.54) is 12.1 Å². The van der Waals surface area contributed by atoms with Gasteiger partial charge in [-0.15, -0.1) is 0 Å². The summed E-state index contributed by atoms with van der Waals surface area (Å²) in [4.78, 5) is 12.7. The van der Waals surface area contributed by atoms with Gasteiger partial charge in [-0.2, -0.15) is 0 Å². The van der Waals surface area contributed by atoms with Crippen molar-refractivity contribution in [3.8, 4) is 0 Å². The lowest BCUT2D eigenvalue weighted by Crippen LogP contribution is -2.03. The average Bonchev–Trinajstić information content (AvgIpc) is 2.76. The first-order valence-electron chi connectivity index (χ1n) is 6.43. The van der Waals surface area contributed by atoms with E-state index in [0.29, 0.717) is 16.7 Å². The van der Waals surface area contributed by atoms with Crippen LogP contribution in [-0.2, 0) is 7.05 Å². The molecule has 2 nitrogen and oxygen atoms in total. The van der Waals surface area contributed by atoms with Crippen LogP contribution < -0.4 is 0 Å². The number of carbonyl (C=O) groups is 1. The third kappa shape index (κ3) is 1.92. The summed E-state index contributed by atoms with van der Waals surface area (Å²) in [6, 6.07) is 12.0. The zero-order valence-electron chi connectivity index (χ0n) is 11.4. The maximum atomic E-state index is 13.2. The van der Waals surface area contributed by atoms with Crippen molar-refractivity contribution in [1.29, 1.82) is 0 Å². The molecule has 100 valence electrons. The van der Waals surface area contributed by atoms with Crippen LogP contribution in [0, 0.1) is 12.7 Å². The molecule has 3 aromatic rings. The summed E-state index contributed by atoms with van der Waals surface area (Å²) < 4.78 is 15.1. The number of para-hydroxylation sites is 1. The fourth-order valence-corrected chi connectivity index (χ4v) is 2.55. The zero-order chi connectivity index (χ0) is 14.3. The van der Waals surface area contributed by atoms with Gasteiger partial charge in [0.15, 0.2) is 5.78 Å². The first kappa shape index (κ1) is 12.6. The second-order valence-electron chi connectivity index (χ2n) is 4.96.